The van der Waals surface area contributed by atoms with Crippen molar-refractivity contribution in [2.24, 2.45) is 0 Å². The molecule has 0 aliphatic heterocycles. The number of aromatic nitrogens is 2. The summed E-state index contributed by atoms with van der Waals surface area (Å²) in [5.41, 5.74) is 0.910. The number of carbonyl (C=O) groups excluding carboxylic acids is 2. The third-order valence-corrected chi connectivity index (χ3v) is 5.20. The summed E-state index contributed by atoms with van der Waals surface area (Å²) in [4.78, 5) is 28.7. The van der Waals surface area contributed by atoms with Crippen LogP contribution in [0, 0.1) is 0 Å². The van der Waals surface area contributed by atoms with Gasteiger partial charge in [0, 0.05) is 30.1 Å². The van der Waals surface area contributed by atoms with E-state index in [1.54, 1.807) is 57.2 Å². The summed E-state index contributed by atoms with van der Waals surface area (Å²) in [6.07, 6.45) is 3.78. The van der Waals surface area contributed by atoms with Gasteiger partial charge in [-0.3, -0.25) is 14.7 Å². The molecule has 0 fully saturated rings. The highest BCUT2D eigenvalue weighted by molar-refractivity contribution is 6.54. The predicted octanol–water partition coefficient (Wildman–Crippen LogP) is 6.70. The van der Waals surface area contributed by atoms with Gasteiger partial charge in [-0.15, -0.1) is 0 Å². The molecule has 0 bridgehead atoms. The summed E-state index contributed by atoms with van der Waals surface area (Å²) in [6, 6.07) is 9.80. The molecule has 34 heavy (non-hydrogen) atoms. The first-order valence-corrected chi connectivity index (χ1v) is 11.5. The lowest BCUT2D eigenvalue weighted by Gasteiger charge is -2.21. The van der Waals surface area contributed by atoms with E-state index < -0.39 is 22.3 Å². The number of benzene rings is 1. The average molecular weight is 543 g/mol. The van der Waals surface area contributed by atoms with Gasteiger partial charge in [-0.1, -0.05) is 57.6 Å². The van der Waals surface area contributed by atoms with Crippen LogP contribution in [0.2, 0.25) is 10.0 Å². The van der Waals surface area contributed by atoms with Crippen LogP contribution in [0.3, 0.4) is 0 Å². The first kappa shape index (κ1) is 26.0. The zero-order chi connectivity index (χ0) is 25.0. The van der Waals surface area contributed by atoms with Crippen molar-refractivity contribution in [2.75, 3.05) is 4.90 Å². The molecule has 0 aliphatic carbocycles. The highest BCUT2D eigenvalue weighted by Gasteiger charge is 2.23. The van der Waals surface area contributed by atoms with Gasteiger partial charge in [0.2, 0.25) is 0 Å². The highest BCUT2D eigenvalue weighted by Crippen LogP contribution is 2.36. The molecule has 2 heterocycles. The molecule has 0 atom stereocenters. The maximum Gasteiger partial charge on any atom is 0.332 e. The minimum Gasteiger partial charge on any atom is -0.457 e. The van der Waals surface area contributed by atoms with Crippen LogP contribution in [0.4, 0.5) is 5.69 Å². The van der Waals surface area contributed by atoms with Gasteiger partial charge in [-0.05, 0) is 45.0 Å². The van der Waals surface area contributed by atoms with Gasteiger partial charge in [0.15, 0.2) is 10.6 Å². The van der Waals surface area contributed by atoms with Gasteiger partial charge >= 0.3 is 5.97 Å². The number of amides is 1. The SMILES string of the molecule is CC(C)(C)OC(=O)/C=C/N(C(=O)C(Cl)Cl)c1ccnc(-c2cc(-c3c(Cl)cccc3Cl)no2)c1. The van der Waals surface area contributed by atoms with Crippen LogP contribution < -0.4 is 4.90 Å². The number of halogens is 4. The van der Waals surface area contributed by atoms with Crippen LogP contribution in [-0.2, 0) is 14.3 Å². The van der Waals surface area contributed by atoms with E-state index in [9.17, 15) is 9.59 Å². The van der Waals surface area contributed by atoms with E-state index in [2.05, 4.69) is 10.1 Å². The van der Waals surface area contributed by atoms with Gasteiger partial charge in [0.05, 0.1) is 15.7 Å². The highest BCUT2D eigenvalue weighted by atomic mass is 35.5. The number of ether oxygens (including phenoxy) is 1. The number of carbonyl (C=O) groups is 2. The molecule has 178 valence electrons. The van der Waals surface area contributed by atoms with Gasteiger partial charge < -0.3 is 9.26 Å². The molecule has 1 aromatic carbocycles. The van der Waals surface area contributed by atoms with E-state index in [1.165, 1.54) is 12.4 Å². The zero-order valence-electron chi connectivity index (χ0n) is 18.3. The molecule has 0 saturated carbocycles. The average Bonchev–Trinajstić information content (AvgIpc) is 3.22. The standard InChI is InChI=1S/C23H19Cl4N3O4/c1-23(2,3)33-19(31)8-10-30(22(32)21(26)27)13-7-9-28-16(11-13)18-12-17(29-34-18)20-14(24)5-4-6-15(20)25/h4-12,21H,1-3H3/b10-8+. The molecule has 0 unspecified atom stereocenters. The summed E-state index contributed by atoms with van der Waals surface area (Å²) in [5.74, 6) is -1.03. The quantitative estimate of drug-likeness (QED) is 0.195. The van der Waals surface area contributed by atoms with E-state index in [1.807, 2.05) is 0 Å². The van der Waals surface area contributed by atoms with Crippen LogP contribution in [-0.4, -0.2) is 32.5 Å². The van der Waals surface area contributed by atoms with Crippen LogP contribution in [0.15, 0.2) is 59.4 Å². The lowest BCUT2D eigenvalue weighted by atomic mass is 10.1. The number of anilines is 1. The minimum atomic E-state index is -1.38. The Morgan fingerprint density at radius 1 is 1.09 bits per heavy atom. The first-order chi connectivity index (χ1) is 16.0. The van der Waals surface area contributed by atoms with Gasteiger partial charge in [-0.2, -0.15) is 0 Å². The minimum absolute atomic E-state index is 0.296. The Kier molecular flexibility index (Phi) is 8.25. The monoisotopic (exact) mass is 541 g/mol. The second kappa shape index (κ2) is 10.8. The topological polar surface area (TPSA) is 85.5 Å². The molecule has 0 aliphatic rings. The van der Waals surface area contributed by atoms with Crippen molar-refractivity contribution >= 4 is 64.0 Å². The number of esters is 1. The predicted molar refractivity (Wildman–Crippen MR) is 133 cm³/mol. The molecule has 0 saturated heterocycles. The molecule has 3 rings (SSSR count). The normalized spacial score (nSPS) is 11.8. The largest absolute Gasteiger partial charge is 0.457 e. The Balaban J connectivity index is 1.95. The van der Waals surface area contributed by atoms with Crippen LogP contribution >= 0.6 is 46.4 Å². The fourth-order valence-corrected chi connectivity index (χ4v) is 3.62. The Morgan fingerprint density at radius 3 is 2.38 bits per heavy atom. The molecule has 1 amide bonds. The summed E-state index contributed by atoms with van der Waals surface area (Å²) in [6.45, 7) is 5.18. The summed E-state index contributed by atoms with van der Waals surface area (Å²) < 4.78 is 10.7. The van der Waals surface area contributed by atoms with Crippen molar-refractivity contribution in [2.45, 2.75) is 31.2 Å². The Hall–Kier alpha value is -2.58. The number of nitrogens with zero attached hydrogens (tertiary/aromatic N) is 3. The van der Waals surface area contributed by atoms with Crippen LogP contribution in [0.25, 0.3) is 22.7 Å². The summed E-state index contributed by atoms with van der Waals surface area (Å²) >= 11 is 24.1. The molecule has 3 aromatic rings. The smallest absolute Gasteiger partial charge is 0.332 e. The number of pyridine rings is 1. The van der Waals surface area contributed by atoms with E-state index in [0.29, 0.717) is 38.4 Å². The Bertz CT molecular complexity index is 1210. The Morgan fingerprint density at radius 2 is 1.76 bits per heavy atom. The Labute approximate surface area is 216 Å². The fraction of sp³-hybridized carbons (Fsp3) is 0.217. The lowest BCUT2D eigenvalue weighted by molar-refractivity contribution is -0.148. The van der Waals surface area contributed by atoms with Crippen molar-refractivity contribution in [1.82, 2.24) is 10.1 Å². The molecule has 0 radical (unpaired) electrons. The van der Waals surface area contributed by atoms with Crippen molar-refractivity contribution < 1.29 is 18.8 Å². The molecule has 7 nitrogen and oxygen atoms in total. The number of hydrogen-bond donors (Lipinski definition) is 0. The molecular weight excluding hydrogens is 524 g/mol. The second-order valence-electron chi connectivity index (χ2n) is 7.93. The molecule has 2 aromatic heterocycles. The summed E-state index contributed by atoms with van der Waals surface area (Å²) in [7, 11) is 0. The number of rotatable bonds is 6. The maximum absolute atomic E-state index is 12.6. The maximum atomic E-state index is 12.6. The number of hydrogen-bond acceptors (Lipinski definition) is 6. The van der Waals surface area contributed by atoms with Gasteiger partial charge in [-0.25, -0.2) is 4.79 Å². The third-order valence-electron chi connectivity index (χ3n) is 4.19. The van der Waals surface area contributed by atoms with E-state index in [4.69, 9.17) is 55.7 Å². The third kappa shape index (κ3) is 6.51. The second-order valence-corrected chi connectivity index (χ2v) is 9.84. The van der Waals surface area contributed by atoms with Crippen molar-refractivity contribution in [1.29, 1.82) is 0 Å². The lowest BCUT2D eigenvalue weighted by Crippen LogP contribution is -2.31. The number of alkyl halides is 2. The molecule has 0 spiro atoms. The molecule has 0 N–H and O–H groups in total. The first-order valence-electron chi connectivity index (χ1n) is 9.86. The van der Waals surface area contributed by atoms with E-state index in [-0.39, 0.29) is 0 Å². The van der Waals surface area contributed by atoms with Crippen molar-refractivity contribution in [3.8, 4) is 22.7 Å². The summed E-state index contributed by atoms with van der Waals surface area (Å²) in [5, 5.41) is 4.86. The molecule has 11 heteroatoms. The van der Waals surface area contributed by atoms with E-state index in [0.717, 1.165) is 11.0 Å². The fourth-order valence-electron chi connectivity index (χ4n) is 2.82. The molecular formula is C23H19Cl4N3O4. The van der Waals surface area contributed by atoms with Crippen molar-refractivity contribution in [3.63, 3.8) is 0 Å². The van der Waals surface area contributed by atoms with Crippen molar-refractivity contribution in [3.05, 3.63) is 64.9 Å². The van der Waals surface area contributed by atoms with Crippen LogP contribution in [0.5, 0.6) is 0 Å². The van der Waals surface area contributed by atoms with Gasteiger partial charge in [0.1, 0.15) is 17.0 Å². The van der Waals surface area contributed by atoms with Gasteiger partial charge in [0.25, 0.3) is 5.91 Å². The van der Waals surface area contributed by atoms with E-state index >= 15 is 0 Å². The van der Waals surface area contributed by atoms with Crippen LogP contribution in [0.1, 0.15) is 20.8 Å². The zero-order valence-corrected chi connectivity index (χ0v) is 21.3.